The van der Waals surface area contributed by atoms with Crippen molar-refractivity contribution in [3.8, 4) is 11.3 Å². The summed E-state index contributed by atoms with van der Waals surface area (Å²) in [6, 6.07) is 6.42. The normalized spacial score (nSPS) is 18.2. The van der Waals surface area contributed by atoms with Gasteiger partial charge in [0.25, 0.3) is 0 Å². The number of hydrogen-bond donors (Lipinski definition) is 0. The van der Waals surface area contributed by atoms with Crippen LogP contribution in [-0.4, -0.2) is 44.3 Å². The van der Waals surface area contributed by atoms with Gasteiger partial charge in [0, 0.05) is 56.4 Å². The first kappa shape index (κ1) is 16.8. The second-order valence-corrected chi connectivity index (χ2v) is 6.42. The molecule has 1 fully saturated rings. The molecule has 0 radical (unpaired) electrons. The second-order valence-electron chi connectivity index (χ2n) is 6.42. The molecule has 1 aliphatic heterocycles. The molecule has 1 atom stereocenters. The largest absolute Gasteiger partial charge is 0.369 e. The predicted octanol–water partition coefficient (Wildman–Crippen LogP) is 2.59. The lowest BCUT2D eigenvalue weighted by atomic mass is 10.0. The Balaban J connectivity index is 1.57. The van der Waals surface area contributed by atoms with Crippen molar-refractivity contribution in [3.63, 3.8) is 0 Å². The molecule has 7 heteroatoms. The number of rotatable bonds is 4. The number of benzene rings is 1. The summed E-state index contributed by atoms with van der Waals surface area (Å²) in [5, 5.41) is 4.22. The molecule has 1 aromatic carbocycles. The van der Waals surface area contributed by atoms with Crippen molar-refractivity contribution in [1.29, 1.82) is 0 Å². The molecule has 0 amide bonds. The summed E-state index contributed by atoms with van der Waals surface area (Å²) < 4.78 is 21.4. The summed E-state index contributed by atoms with van der Waals surface area (Å²) in [6.45, 7) is 2.98. The Labute approximate surface area is 151 Å². The quantitative estimate of drug-likeness (QED) is 0.722. The van der Waals surface area contributed by atoms with E-state index in [1.807, 2.05) is 25.5 Å². The lowest BCUT2D eigenvalue weighted by Crippen LogP contribution is -2.38. The van der Waals surface area contributed by atoms with Crippen LogP contribution in [0.5, 0.6) is 0 Å². The number of aromatic nitrogens is 4. The fraction of sp³-hybridized carbons (Fsp3) is 0.316. The van der Waals surface area contributed by atoms with E-state index in [1.165, 1.54) is 12.1 Å². The summed E-state index contributed by atoms with van der Waals surface area (Å²) in [5.74, 6) is -0.290. The van der Waals surface area contributed by atoms with Gasteiger partial charge in [-0.15, -0.1) is 0 Å². The summed E-state index contributed by atoms with van der Waals surface area (Å²) in [6.07, 6.45) is 6.98. The van der Waals surface area contributed by atoms with Gasteiger partial charge >= 0.3 is 0 Å². The smallest absolute Gasteiger partial charge is 0.123 e. The summed E-state index contributed by atoms with van der Waals surface area (Å²) >= 11 is 0. The molecule has 26 heavy (non-hydrogen) atoms. The molecule has 134 valence electrons. The molecule has 4 rings (SSSR count). The molecular weight excluding hydrogens is 333 g/mol. The van der Waals surface area contributed by atoms with E-state index in [0.717, 1.165) is 24.3 Å². The van der Waals surface area contributed by atoms with Crippen LogP contribution < -0.4 is 0 Å². The minimum Gasteiger partial charge on any atom is -0.369 e. The lowest BCUT2D eigenvalue weighted by molar-refractivity contribution is -0.0348. The van der Waals surface area contributed by atoms with Gasteiger partial charge < -0.3 is 4.74 Å². The van der Waals surface area contributed by atoms with Crippen LogP contribution >= 0.6 is 0 Å². The van der Waals surface area contributed by atoms with Crippen molar-refractivity contribution in [2.45, 2.75) is 12.6 Å². The SMILES string of the molecule is Cn1cc(CN2CCO[C@@H](c3nccnc3-c3cccc(F)c3)C2)cn1. The predicted molar refractivity (Wildman–Crippen MR) is 94.6 cm³/mol. The molecule has 0 spiro atoms. The monoisotopic (exact) mass is 353 g/mol. The van der Waals surface area contributed by atoms with Gasteiger partial charge in [0.2, 0.25) is 0 Å². The van der Waals surface area contributed by atoms with E-state index in [1.54, 1.807) is 23.1 Å². The number of halogens is 1. The van der Waals surface area contributed by atoms with E-state index in [9.17, 15) is 4.39 Å². The average molecular weight is 353 g/mol. The molecule has 1 aliphatic rings. The molecule has 1 saturated heterocycles. The fourth-order valence-corrected chi connectivity index (χ4v) is 3.27. The Bertz CT molecular complexity index is 897. The Morgan fingerprint density at radius 2 is 2.15 bits per heavy atom. The summed E-state index contributed by atoms with van der Waals surface area (Å²) in [4.78, 5) is 11.3. The zero-order chi connectivity index (χ0) is 17.9. The number of morpholine rings is 1. The van der Waals surface area contributed by atoms with Crippen LogP contribution in [0.4, 0.5) is 4.39 Å². The fourth-order valence-electron chi connectivity index (χ4n) is 3.27. The Morgan fingerprint density at radius 1 is 1.27 bits per heavy atom. The van der Waals surface area contributed by atoms with Gasteiger partial charge in [0.05, 0.1) is 24.2 Å². The third-order valence-electron chi connectivity index (χ3n) is 4.44. The van der Waals surface area contributed by atoms with Crippen LogP contribution in [-0.2, 0) is 18.3 Å². The van der Waals surface area contributed by atoms with Gasteiger partial charge in [-0.1, -0.05) is 12.1 Å². The maximum atomic E-state index is 13.6. The highest BCUT2D eigenvalue weighted by atomic mass is 19.1. The summed E-state index contributed by atoms with van der Waals surface area (Å²) in [5.41, 5.74) is 3.29. The highest BCUT2D eigenvalue weighted by Crippen LogP contribution is 2.29. The van der Waals surface area contributed by atoms with Crippen molar-refractivity contribution in [2.75, 3.05) is 19.7 Å². The Hall–Kier alpha value is -2.64. The second kappa shape index (κ2) is 7.31. The maximum absolute atomic E-state index is 13.6. The van der Waals surface area contributed by atoms with Gasteiger partial charge in [-0.3, -0.25) is 19.5 Å². The molecule has 6 nitrogen and oxygen atoms in total. The molecule has 0 saturated carbocycles. The van der Waals surface area contributed by atoms with Crippen molar-refractivity contribution < 1.29 is 9.13 Å². The zero-order valence-corrected chi connectivity index (χ0v) is 14.5. The maximum Gasteiger partial charge on any atom is 0.123 e. The van der Waals surface area contributed by atoms with Gasteiger partial charge in [0.1, 0.15) is 11.9 Å². The Kier molecular flexibility index (Phi) is 4.73. The number of ether oxygens (including phenoxy) is 1. The molecule has 0 N–H and O–H groups in total. The third-order valence-corrected chi connectivity index (χ3v) is 4.44. The van der Waals surface area contributed by atoms with Crippen LogP contribution in [0, 0.1) is 5.82 Å². The van der Waals surface area contributed by atoms with Gasteiger partial charge in [0.15, 0.2) is 0 Å². The van der Waals surface area contributed by atoms with Crippen LogP contribution in [0.25, 0.3) is 11.3 Å². The molecular formula is C19H20FN5O. The molecule has 0 aliphatic carbocycles. The zero-order valence-electron chi connectivity index (χ0n) is 14.5. The first-order valence-electron chi connectivity index (χ1n) is 8.57. The molecule has 2 aromatic heterocycles. The van der Waals surface area contributed by atoms with Gasteiger partial charge in [-0.2, -0.15) is 5.10 Å². The van der Waals surface area contributed by atoms with Crippen LogP contribution in [0.1, 0.15) is 17.4 Å². The van der Waals surface area contributed by atoms with E-state index in [0.29, 0.717) is 24.4 Å². The average Bonchev–Trinajstić information content (AvgIpc) is 3.07. The minimum absolute atomic E-state index is 0.201. The minimum atomic E-state index is -0.290. The van der Waals surface area contributed by atoms with Crippen molar-refractivity contribution in [1.82, 2.24) is 24.6 Å². The van der Waals surface area contributed by atoms with E-state index < -0.39 is 0 Å². The topological polar surface area (TPSA) is 56.1 Å². The van der Waals surface area contributed by atoms with Gasteiger partial charge in [-0.25, -0.2) is 4.39 Å². The van der Waals surface area contributed by atoms with Crippen molar-refractivity contribution in [3.05, 3.63) is 66.1 Å². The van der Waals surface area contributed by atoms with Gasteiger partial charge in [-0.05, 0) is 12.1 Å². The van der Waals surface area contributed by atoms with E-state index in [4.69, 9.17) is 4.74 Å². The van der Waals surface area contributed by atoms with E-state index in [2.05, 4.69) is 20.0 Å². The summed E-state index contributed by atoms with van der Waals surface area (Å²) in [7, 11) is 1.91. The number of aryl methyl sites for hydroxylation is 1. The number of nitrogens with zero attached hydrogens (tertiary/aromatic N) is 5. The highest BCUT2D eigenvalue weighted by molar-refractivity contribution is 5.61. The first-order chi connectivity index (χ1) is 12.7. The van der Waals surface area contributed by atoms with Crippen LogP contribution in [0.2, 0.25) is 0 Å². The number of hydrogen-bond acceptors (Lipinski definition) is 5. The lowest BCUT2D eigenvalue weighted by Gasteiger charge is -2.32. The molecule has 0 unspecified atom stereocenters. The molecule has 0 bridgehead atoms. The Morgan fingerprint density at radius 3 is 2.96 bits per heavy atom. The van der Waals surface area contributed by atoms with E-state index in [-0.39, 0.29) is 11.9 Å². The third kappa shape index (κ3) is 3.63. The van der Waals surface area contributed by atoms with E-state index >= 15 is 0 Å². The highest BCUT2D eigenvalue weighted by Gasteiger charge is 2.26. The standard InChI is InChI=1S/C19H20FN5O/c1-24-11-14(10-23-24)12-25-7-8-26-17(13-25)19-18(21-5-6-22-19)15-3-2-4-16(20)9-15/h2-6,9-11,17H,7-8,12-13H2,1H3/t17-/m1/s1. The van der Waals surface area contributed by atoms with Crippen molar-refractivity contribution in [2.24, 2.45) is 7.05 Å². The van der Waals surface area contributed by atoms with Crippen LogP contribution in [0.15, 0.2) is 49.1 Å². The van der Waals surface area contributed by atoms with Crippen LogP contribution in [0.3, 0.4) is 0 Å². The molecule has 3 heterocycles. The first-order valence-corrected chi connectivity index (χ1v) is 8.57. The van der Waals surface area contributed by atoms with Crippen molar-refractivity contribution >= 4 is 0 Å². The molecule has 3 aromatic rings.